The van der Waals surface area contributed by atoms with E-state index in [0.29, 0.717) is 0 Å². The quantitative estimate of drug-likeness (QED) is 0.879. The lowest BCUT2D eigenvalue weighted by molar-refractivity contribution is 0.134. The second kappa shape index (κ2) is 4.94. The zero-order valence-corrected chi connectivity index (χ0v) is 10.6. The molecular formula is C15H18N2O. The SMILES string of the molecule is Cc1ccc2c(OC3CCCCN3)cccc2n1. The Morgan fingerprint density at radius 1 is 1.22 bits per heavy atom. The van der Waals surface area contributed by atoms with Gasteiger partial charge in [-0.2, -0.15) is 0 Å². The van der Waals surface area contributed by atoms with Gasteiger partial charge in [-0.15, -0.1) is 0 Å². The summed E-state index contributed by atoms with van der Waals surface area (Å²) in [6, 6.07) is 10.2. The number of hydrogen-bond acceptors (Lipinski definition) is 3. The standard InChI is InChI=1S/C15H18N2O/c1-11-8-9-12-13(17-11)5-4-6-14(12)18-15-7-2-3-10-16-15/h4-6,8-9,15-16H,2-3,7,10H2,1H3. The van der Waals surface area contributed by atoms with Crippen LogP contribution in [0.4, 0.5) is 0 Å². The predicted molar refractivity (Wildman–Crippen MR) is 72.7 cm³/mol. The number of rotatable bonds is 2. The van der Waals surface area contributed by atoms with Crippen molar-refractivity contribution in [3.05, 3.63) is 36.0 Å². The Morgan fingerprint density at radius 3 is 3.00 bits per heavy atom. The molecule has 1 fully saturated rings. The number of fused-ring (bicyclic) bond motifs is 1. The largest absolute Gasteiger partial charge is 0.475 e. The number of pyridine rings is 1. The Morgan fingerprint density at radius 2 is 2.17 bits per heavy atom. The lowest BCUT2D eigenvalue weighted by atomic mass is 10.1. The molecule has 1 atom stereocenters. The van der Waals surface area contributed by atoms with Crippen LogP contribution >= 0.6 is 0 Å². The number of aromatic nitrogens is 1. The number of benzene rings is 1. The topological polar surface area (TPSA) is 34.1 Å². The van der Waals surface area contributed by atoms with Gasteiger partial charge >= 0.3 is 0 Å². The average Bonchev–Trinajstić information content (AvgIpc) is 2.40. The van der Waals surface area contributed by atoms with Gasteiger partial charge in [-0.3, -0.25) is 10.3 Å². The highest BCUT2D eigenvalue weighted by molar-refractivity contribution is 5.85. The van der Waals surface area contributed by atoms with Crippen molar-refractivity contribution in [2.24, 2.45) is 0 Å². The molecule has 94 valence electrons. The van der Waals surface area contributed by atoms with Crippen LogP contribution in [0.1, 0.15) is 25.0 Å². The minimum Gasteiger partial charge on any atom is -0.475 e. The maximum atomic E-state index is 6.06. The van der Waals surface area contributed by atoms with E-state index in [4.69, 9.17) is 4.74 Å². The van der Waals surface area contributed by atoms with Crippen molar-refractivity contribution in [1.82, 2.24) is 10.3 Å². The summed E-state index contributed by atoms with van der Waals surface area (Å²) < 4.78 is 6.06. The smallest absolute Gasteiger partial charge is 0.150 e. The first-order valence-electron chi connectivity index (χ1n) is 6.59. The summed E-state index contributed by atoms with van der Waals surface area (Å²) in [4.78, 5) is 4.53. The summed E-state index contributed by atoms with van der Waals surface area (Å²) in [5.74, 6) is 0.930. The Kier molecular flexibility index (Phi) is 3.15. The maximum Gasteiger partial charge on any atom is 0.150 e. The van der Waals surface area contributed by atoms with E-state index in [1.54, 1.807) is 0 Å². The average molecular weight is 242 g/mol. The molecule has 1 saturated heterocycles. The van der Waals surface area contributed by atoms with Crippen molar-refractivity contribution < 1.29 is 4.74 Å². The fraction of sp³-hybridized carbons (Fsp3) is 0.400. The van der Waals surface area contributed by atoms with E-state index in [0.717, 1.165) is 35.3 Å². The van der Waals surface area contributed by atoms with E-state index < -0.39 is 0 Å². The first-order chi connectivity index (χ1) is 8.83. The predicted octanol–water partition coefficient (Wildman–Crippen LogP) is 3.02. The third-order valence-electron chi connectivity index (χ3n) is 3.37. The summed E-state index contributed by atoms with van der Waals surface area (Å²) in [5, 5.41) is 4.49. The Balaban J connectivity index is 1.91. The Labute approximate surface area is 107 Å². The summed E-state index contributed by atoms with van der Waals surface area (Å²) in [5.41, 5.74) is 2.04. The molecule has 0 spiro atoms. The van der Waals surface area contributed by atoms with Gasteiger partial charge in [0.2, 0.25) is 0 Å². The molecule has 1 aromatic heterocycles. The van der Waals surface area contributed by atoms with Crippen LogP contribution in [0.2, 0.25) is 0 Å². The Hall–Kier alpha value is -1.61. The molecule has 1 aliphatic heterocycles. The molecule has 1 aliphatic rings. The summed E-state index contributed by atoms with van der Waals surface area (Å²) in [6.07, 6.45) is 3.71. The molecule has 0 aliphatic carbocycles. The van der Waals surface area contributed by atoms with Gasteiger partial charge in [-0.05, 0) is 57.0 Å². The molecule has 3 nitrogen and oxygen atoms in total. The molecule has 2 aromatic rings. The van der Waals surface area contributed by atoms with Crippen molar-refractivity contribution in [3.8, 4) is 5.75 Å². The van der Waals surface area contributed by atoms with Crippen LogP contribution in [-0.4, -0.2) is 17.8 Å². The third kappa shape index (κ3) is 2.31. The van der Waals surface area contributed by atoms with E-state index >= 15 is 0 Å². The minimum absolute atomic E-state index is 0.144. The molecule has 1 N–H and O–H groups in total. The third-order valence-corrected chi connectivity index (χ3v) is 3.37. The zero-order valence-electron chi connectivity index (χ0n) is 10.6. The van der Waals surface area contributed by atoms with Gasteiger partial charge in [-0.1, -0.05) is 6.07 Å². The summed E-state index contributed by atoms with van der Waals surface area (Å²) >= 11 is 0. The molecule has 1 unspecified atom stereocenters. The number of nitrogens with zero attached hydrogens (tertiary/aromatic N) is 1. The zero-order chi connectivity index (χ0) is 12.4. The summed E-state index contributed by atoms with van der Waals surface area (Å²) in [6.45, 7) is 3.06. The molecule has 0 radical (unpaired) electrons. The normalized spacial score (nSPS) is 19.9. The van der Waals surface area contributed by atoms with Gasteiger partial charge in [0.15, 0.2) is 0 Å². The van der Waals surface area contributed by atoms with E-state index in [9.17, 15) is 0 Å². The molecule has 3 heteroatoms. The van der Waals surface area contributed by atoms with Crippen LogP contribution in [0.5, 0.6) is 5.75 Å². The lowest BCUT2D eigenvalue weighted by Gasteiger charge is -2.25. The summed E-state index contributed by atoms with van der Waals surface area (Å²) in [7, 11) is 0. The van der Waals surface area contributed by atoms with Gasteiger partial charge in [0.05, 0.1) is 5.52 Å². The number of ether oxygens (including phenoxy) is 1. The maximum absolute atomic E-state index is 6.06. The highest BCUT2D eigenvalue weighted by Gasteiger charge is 2.15. The van der Waals surface area contributed by atoms with E-state index in [-0.39, 0.29) is 6.23 Å². The fourth-order valence-electron chi connectivity index (χ4n) is 2.41. The van der Waals surface area contributed by atoms with Gasteiger partial charge in [0, 0.05) is 11.1 Å². The number of piperidine rings is 1. The highest BCUT2D eigenvalue weighted by Crippen LogP contribution is 2.26. The number of hydrogen-bond donors (Lipinski definition) is 1. The molecule has 0 saturated carbocycles. The minimum atomic E-state index is 0.144. The lowest BCUT2D eigenvalue weighted by Crippen LogP contribution is -2.38. The molecule has 0 bridgehead atoms. The van der Waals surface area contributed by atoms with E-state index in [1.807, 2.05) is 31.2 Å². The van der Waals surface area contributed by atoms with Crippen LogP contribution in [0.25, 0.3) is 10.9 Å². The van der Waals surface area contributed by atoms with Crippen molar-refractivity contribution >= 4 is 10.9 Å². The molecule has 1 aromatic carbocycles. The van der Waals surface area contributed by atoms with Crippen LogP contribution < -0.4 is 10.1 Å². The second-order valence-electron chi connectivity index (χ2n) is 4.83. The molecular weight excluding hydrogens is 224 g/mol. The highest BCUT2D eigenvalue weighted by atomic mass is 16.5. The van der Waals surface area contributed by atoms with Gasteiger partial charge < -0.3 is 4.74 Å². The van der Waals surface area contributed by atoms with E-state index in [1.165, 1.54) is 12.8 Å². The van der Waals surface area contributed by atoms with Gasteiger partial charge in [0.25, 0.3) is 0 Å². The molecule has 18 heavy (non-hydrogen) atoms. The van der Waals surface area contributed by atoms with Crippen molar-refractivity contribution in [1.29, 1.82) is 0 Å². The molecule has 2 heterocycles. The van der Waals surface area contributed by atoms with Crippen LogP contribution in [-0.2, 0) is 0 Å². The van der Waals surface area contributed by atoms with Crippen LogP contribution in [0.3, 0.4) is 0 Å². The number of nitrogens with one attached hydrogen (secondary N) is 1. The molecule has 0 amide bonds. The van der Waals surface area contributed by atoms with Crippen molar-refractivity contribution in [2.45, 2.75) is 32.4 Å². The monoisotopic (exact) mass is 242 g/mol. The Bertz CT molecular complexity index is 547. The van der Waals surface area contributed by atoms with Crippen LogP contribution in [0, 0.1) is 6.92 Å². The van der Waals surface area contributed by atoms with E-state index in [2.05, 4.69) is 16.4 Å². The van der Waals surface area contributed by atoms with Crippen molar-refractivity contribution in [3.63, 3.8) is 0 Å². The first kappa shape index (κ1) is 11.5. The fourth-order valence-corrected chi connectivity index (χ4v) is 2.41. The van der Waals surface area contributed by atoms with Crippen LogP contribution in [0.15, 0.2) is 30.3 Å². The van der Waals surface area contributed by atoms with Gasteiger partial charge in [-0.25, -0.2) is 0 Å². The first-order valence-corrected chi connectivity index (χ1v) is 6.59. The van der Waals surface area contributed by atoms with Crippen molar-refractivity contribution in [2.75, 3.05) is 6.54 Å². The number of aryl methyl sites for hydroxylation is 1. The van der Waals surface area contributed by atoms with Gasteiger partial charge in [0.1, 0.15) is 12.0 Å². The second-order valence-corrected chi connectivity index (χ2v) is 4.83. The molecule has 3 rings (SSSR count).